The van der Waals surface area contributed by atoms with Crippen LogP contribution in [-0.4, -0.2) is 24.5 Å². The van der Waals surface area contributed by atoms with E-state index < -0.39 is 11.6 Å². The van der Waals surface area contributed by atoms with Crippen LogP contribution in [0, 0.1) is 5.92 Å². The van der Waals surface area contributed by atoms with E-state index in [0.717, 1.165) is 25.7 Å². The highest BCUT2D eigenvalue weighted by Gasteiger charge is 2.42. The van der Waals surface area contributed by atoms with Crippen LogP contribution < -0.4 is 5.32 Å². The minimum Gasteiger partial charge on any atom is -0.453 e. The van der Waals surface area contributed by atoms with E-state index >= 15 is 0 Å². The summed E-state index contributed by atoms with van der Waals surface area (Å²) in [7, 11) is 1.32. The molecule has 1 aliphatic carbocycles. The average molecular weight is 227 g/mol. The fourth-order valence-electron chi connectivity index (χ4n) is 2.26. The lowest BCUT2D eigenvalue weighted by Gasteiger charge is -2.28. The molecule has 0 aromatic heterocycles. The molecular formula is C12H21NO3. The summed E-state index contributed by atoms with van der Waals surface area (Å²) in [6, 6.07) is 0. The topological polar surface area (TPSA) is 55.4 Å². The maximum absolute atomic E-state index is 12.2. The highest BCUT2D eigenvalue weighted by molar-refractivity contribution is 5.92. The Balaban J connectivity index is 2.72. The van der Waals surface area contributed by atoms with E-state index in [1.807, 2.05) is 13.8 Å². The van der Waals surface area contributed by atoms with Crippen LogP contribution in [0.25, 0.3) is 0 Å². The van der Waals surface area contributed by atoms with Gasteiger partial charge in [0, 0.05) is 6.42 Å². The van der Waals surface area contributed by atoms with Crippen molar-refractivity contribution in [2.45, 2.75) is 51.5 Å². The van der Waals surface area contributed by atoms with Crippen LogP contribution in [0.1, 0.15) is 46.0 Å². The van der Waals surface area contributed by atoms with Crippen LogP contribution in [-0.2, 0) is 9.53 Å². The summed E-state index contributed by atoms with van der Waals surface area (Å²) in [6.45, 7) is 4.03. The number of carbonyl (C=O) groups excluding carboxylic acids is 2. The SMILES string of the molecule is COC(=O)NC1(C(=O)CC(C)C)CCCC1. The van der Waals surface area contributed by atoms with Gasteiger partial charge in [-0.2, -0.15) is 0 Å². The molecule has 1 rings (SSSR count). The summed E-state index contributed by atoms with van der Waals surface area (Å²) in [6.07, 6.45) is 3.49. The quantitative estimate of drug-likeness (QED) is 0.801. The van der Waals surface area contributed by atoms with E-state index in [4.69, 9.17) is 0 Å². The van der Waals surface area contributed by atoms with E-state index in [1.54, 1.807) is 0 Å². The summed E-state index contributed by atoms with van der Waals surface area (Å²) in [5.41, 5.74) is -0.655. The fourth-order valence-corrected chi connectivity index (χ4v) is 2.26. The Bertz CT molecular complexity index is 267. The van der Waals surface area contributed by atoms with E-state index in [9.17, 15) is 9.59 Å². The first-order valence-electron chi connectivity index (χ1n) is 5.89. The zero-order chi connectivity index (χ0) is 12.2. The van der Waals surface area contributed by atoms with Crippen LogP contribution in [0.4, 0.5) is 4.79 Å². The van der Waals surface area contributed by atoms with Crippen molar-refractivity contribution in [3.05, 3.63) is 0 Å². The van der Waals surface area contributed by atoms with Gasteiger partial charge in [-0.1, -0.05) is 26.7 Å². The van der Waals surface area contributed by atoms with Crippen molar-refractivity contribution in [3.63, 3.8) is 0 Å². The molecular weight excluding hydrogens is 206 g/mol. The molecule has 0 aromatic carbocycles. The van der Waals surface area contributed by atoms with Crippen LogP contribution in [0.5, 0.6) is 0 Å². The Kier molecular flexibility index (Phi) is 4.33. The first-order valence-corrected chi connectivity index (χ1v) is 5.89. The van der Waals surface area contributed by atoms with Gasteiger partial charge < -0.3 is 10.1 Å². The van der Waals surface area contributed by atoms with Crippen LogP contribution in [0.2, 0.25) is 0 Å². The Morgan fingerprint density at radius 2 is 1.88 bits per heavy atom. The van der Waals surface area contributed by atoms with Crippen LogP contribution in [0.3, 0.4) is 0 Å². The molecule has 1 aliphatic rings. The number of hydrogen-bond acceptors (Lipinski definition) is 3. The van der Waals surface area contributed by atoms with Gasteiger partial charge in [-0.3, -0.25) is 4.79 Å². The number of ether oxygens (including phenoxy) is 1. The van der Waals surface area contributed by atoms with Crippen LogP contribution >= 0.6 is 0 Å². The number of hydrogen-bond donors (Lipinski definition) is 1. The molecule has 1 saturated carbocycles. The number of rotatable bonds is 4. The predicted molar refractivity (Wildman–Crippen MR) is 61.2 cm³/mol. The van der Waals surface area contributed by atoms with Crippen molar-refractivity contribution in [3.8, 4) is 0 Å². The van der Waals surface area contributed by atoms with Gasteiger partial charge in [0.25, 0.3) is 0 Å². The van der Waals surface area contributed by atoms with Gasteiger partial charge in [0.05, 0.1) is 7.11 Å². The molecule has 16 heavy (non-hydrogen) atoms. The highest BCUT2D eigenvalue weighted by Crippen LogP contribution is 2.32. The molecule has 1 amide bonds. The average Bonchev–Trinajstić information content (AvgIpc) is 2.66. The van der Waals surface area contributed by atoms with Gasteiger partial charge in [-0.25, -0.2) is 4.79 Å². The number of Topliss-reactive ketones (excluding diaryl/α,β-unsaturated/α-hetero) is 1. The summed E-state index contributed by atoms with van der Waals surface area (Å²) < 4.78 is 4.59. The molecule has 0 aromatic rings. The zero-order valence-corrected chi connectivity index (χ0v) is 10.3. The number of nitrogens with one attached hydrogen (secondary N) is 1. The number of ketones is 1. The minimum atomic E-state index is -0.655. The van der Waals surface area contributed by atoms with Crippen molar-refractivity contribution in [1.29, 1.82) is 0 Å². The lowest BCUT2D eigenvalue weighted by molar-refractivity contribution is -0.125. The molecule has 1 N–H and O–H groups in total. The molecule has 92 valence electrons. The minimum absolute atomic E-state index is 0.144. The zero-order valence-electron chi connectivity index (χ0n) is 10.3. The van der Waals surface area contributed by atoms with Gasteiger partial charge in [0.1, 0.15) is 5.54 Å². The predicted octanol–water partition coefficient (Wildman–Crippen LogP) is 2.27. The molecule has 0 heterocycles. The third-order valence-corrected chi connectivity index (χ3v) is 3.11. The van der Waals surface area contributed by atoms with Gasteiger partial charge in [-0.15, -0.1) is 0 Å². The number of carbonyl (C=O) groups is 2. The second kappa shape index (κ2) is 5.32. The second-order valence-corrected chi connectivity index (χ2v) is 4.93. The lowest BCUT2D eigenvalue weighted by Crippen LogP contribution is -2.52. The molecule has 0 saturated heterocycles. The van der Waals surface area contributed by atoms with Gasteiger partial charge >= 0.3 is 6.09 Å². The molecule has 4 nitrogen and oxygen atoms in total. The van der Waals surface area contributed by atoms with E-state index in [1.165, 1.54) is 7.11 Å². The molecule has 1 fully saturated rings. The van der Waals surface area contributed by atoms with Gasteiger partial charge in [-0.05, 0) is 18.8 Å². The third-order valence-electron chi connectivity index (χ3n) is 3.11. The monoisotopic (exact) mass is 227 g/mol. The Hall–Kier alpha value is -1.06. The van der Waals surface area contributed by atoms with Crippen molar-refractivity contribution >= 4 is 11.9 Å². The molecule has 0 atom stereocenters. The van der Waals surface area contributed by atoms with Crippen molar-refractivity contribution in [1.82, 2.24) is 5.32 Å². The Morgan fingerprint density at radius 1 is 1.31 bits per heavy atom. The number of methoxy groups -OCH3 is 1. The van der Waals surface area contributed by atoms with Crippen molar-refractivity contribution < 1.29 is 14.3 Å². The maximum atomic E-state index is 12.2. The van der Waals surface area contributed by atoms with Crippen molar-refractivity contribution in [2.75, 3.05) is 7.11 Å². The largest absolute Gasteiger partial charge is 0.453 e. The Labute approximate surface area is 96.7 Å². The van der Waals surface area contributed by atoms with Crippen LogP contribution in [0.15, 0.2) is 0 Å². The smallest absolute Gasteiger partial charge is 0.407 e. The lowest BCUT2D eigenvalue weighted by atomic mass is 9.87. The summed E-state index contributed by atoms with van der Waals surface area (Å²) in [5, 5.41) is 2.74. The maximum Gasteiger partial charge on any atom is 0.407 e. The third kappa shape index (κ3) is 2.97. The molecule has 4 heteroatoms. The standard InChI is InChI=1S/C12H21NO3/c1-9(2)8-10(14)12(6-4-5-7-12)13-11(15)16-3/h9H,4-8H2,1-3H3,(H,13,15). The second-order valence-electron chi connectivity index (χ2n) is 4.93. The summed E-state index contributed by atoms with van der Waals surface area (Å²) in [5.74, 6) is 0.467. The highest BCUT2D eigenvalue weighted by atomic mass is 16.5. The molecule has 0 aliphatic heterocycles. The first-order chi connectivity index (χ1) is 7.50. The summed E-state index contributed by atoms with van der Waals surface area (Å²) in [4.78, 5) is 23.4. The first kappa shape index (κ1) is 13.0. The van der Waals surface area contributed by atoms with Gasteiger partial charge in [0.15, 0.2) is 5.78 Å². The fraction of sp³-hybridized carbons (Fsp3) is 0.833. The molecule has 0 unspecified atom stereocenters. The number of amides is 1. The Morgan fingerprint density at radius 3 is 2.31 bits per heavy atom. The van der Waals surface area contributed by atoms with E-state index in [0.29, 0.717) is 12.3 Å². The summed E-state index contributed by atoms with van der Waals surface area (Å²) >= 11 is 0. The van der Waals surface area contributed by atoms with E-state index in [-0.39, 0.29) is 5.78 Å². The van der Waals surface area contributed by atoms with Crippen molar-refractivity contribution in [2.24, 2.45) is 5.92 Å². The molecule has 0 bridgehead atoms. The normalized spacial score (nSPS) is 18.5. The molecule has 0 spiro atoms. The molecule has 0 radical (unpaired) electrons. The van der Waals surface area contributed by atoms with E-state index in [2.05, 4.69) is 10.1 Å². The number of alkyl carbamates (subject to hydrolysis) is 1. The van der Waals surface area contributed by atoms with Gasteiger partial charge in [0.2, 0.25) is 0 Å².